The number of hydrogen-bond donors (Lipinski definition) is 2. The zero-order valence-electron chi connectivity index (χ0n) is 15.2. The van der Waals surface area contributed by atoms with E-state index in [4.69, 9.17) is 15.2 Å². The zero-order valence-corrected chi connectivity index (χ0v) is 15.2. The van der Waals surface area contributed by atoms with Gasteiger partial charge >= 0.3 is 0 Å². The first-order chi connectivity index (χ1) is 13.4. The van der Waals surface area contributed by atoms with Crippen LogP contribution in [0.5, 0.6) is 11.5 Å². The maximum Gasteiger partial charge on any atom is 0.252 e. The summed E-state index contributed by atoms with van der Waals surface area (Å²) in [6.45, 7) is 1.61. The molecule has 0 bridgehead atoms. The number of para-hydroxylation sites is 1. The van der Waals surface area contributed by atoms with E-state index in [-0.39, 0.29) is 24.0 Å². The van der Waals surface area contributed by atoms with Crippen molar-refractivity contribution < 1.29 is 28.2 Å². The molecule has 3 N–H and O–H groups in total. The Kier molecular flexibility index (Phi) is 6.43. The number of likely N-dealkylation sites (tertiary alicyclic amines) is 1. The molecular formula is C20H22F2N2O4. The molecule has 0 aromatic heterocycles. The molecular weight excluding hydrogens is 370 g/mol. The van der Waals surface area contributed by atoms with Crippen LogP contribution < -0.4 is 15.2 Å². The number of nitrogens with two attached hydrogens (primary N) is 1. The van der Waals surface area contributed by atoms with Crippen molar-refractivity contribution in [3.05, 3.63) is 59.7 Å². The molecule has 2 unspecified atom stereocenters. The van der Waals surface area contributed by atoms with Gasteiger partial charge in [0.25, 0.3) is 5.91 Å². The molecule has 1 fully saturated rings. The lowest BCUT2D eigenvalue weighted by Crippen LogP contribution is -2.35. The van der Waals surface area contributed by atoms with Gasteiger partial charge in [-0.15, -0.1) is 0 Å². The highest BCUT2D eigenvalue weighted by Gasteiger charge is 2.26. The van der Waals surface area contributed by atoms with Crippen molar-refractivity contribution in [2.24, 2.45) is 5.73 Å². The summed E-state index contributed by atoms with van der Waals surface area (Å²) in [7, 11) is 0. The van der Waals surface area contributed by atoms with Crippen molar-refractivity contribution in [3.63, 3.8) is 0 Å². The molecule has 2 aromatic rings. The molecule has 0 spiro atoms. The average Bonchev–Trinajstić information content (AvgIpc) is 3.10. The molecule has 28 heavy (non-hydrogen) atoms. The van der Waals surface area contributed by atoms with Crippen LogP contribution in [0.15, 0.2) is 42.5 Å². The van der Waals surface area contributed by atoms with E-state index in [1.807, 2.05) is 4.90 Å². The van der Waals surface area contributed by atoms with E-state index in [9.17, 15) is 18.7 Å². The number of benzene rings is 2. The second-order valence-corrected chi connectivity index (χ2v) is 6.69. The van der Waals surface area contributed by atoms with Crippen LogP contribution in [0, 0.1) is 11.6 Å². The van der Waals surface area contributed by atoms with Crippen LogP contribution in [0.1, 0.15) is 16.8 Å². The zero-order chi connectivity index (χ0) is 20.1. The standard InChI is InChI=1S/C20H22F2N2O4/c21-17-6-5-14(9-18(17)22)28-15-7-8-24(11-15)10-13(25)12-27-19-4-2-1-3-16(19)20(23)26/h1-6,9,13,15,25H,7-8,10-12H2,(H2,23,26). The van der Waals surface area contributed by atoms with E-state index in [1.165, 1.54) is 6.07 Å². The van der Waals surface area contributed by atoms with Gasteiger partial charge in [-0.3, -0.25) is 9.69 Å². The van der Waals surface area contributed by atoms with E-state index in [1.54, 1.807) is 24.3 Å². The van der Waals surface area contributed by atoms with Crippen LogP contribution in [-0.4, -0.2) is 54.4 Å². The van der Waals surface area contributed by atoms with Crippen molar-refractivity contribution in [2.75, 3.05) is 26.2 Å². The molecule has 1 aliphatic heterocycles. The molecule has 2 aromatic carbocycles. The minimum absolute atomic E-state index is 0.00942. The highest BCUT2D eigenvalue weighted by atomic mass is 19.2. The largest absolute Gasteiger partial charge is 0.490 e. The first-order valence-corrected chi connectivity index (χ1v) is 8.96. The number of ether oxygens (including phenoxy) is 2. The fourth-order valence-corrected chi connectivity index (χ4v) is 3.13. The van der Waals surface area contributed by atoms with Gasteiger partial charge in [-0.2, -0.15) is 0 Å². The number of amides is 1. The third-order valence-corrected chi connectivity index (χ3v) is 4.48. The van der Waals surface area contributed by atoms with Crippen LogP contribution in [0.3, 0.4) is 0 Å². The summed E-state index contributed by atoms with van der Waals surface area (Å²) in [6, 6.07) is 10.0. The Morgan fingerprint density at radius 3 is 2.79 bits per heavy atom. The maximum atomic E-state index is 13.3. The number of carbonyl (C=O) groups excluding carboxylic acids is 1. The number of carbonyl (C=O) groups is 1. The topological polar surface area (TPSA) is 85.0 Å². The van der Waals surface area contributed by atoms with Gasteiger partial charge in [0, 0.05) is 25.7 Å². The van der Waals surface area contributed by atoms with Crippen LogP contribution in [-0.2, 0) is 0 Å². The van der Waals surface area contributed by atoms with Gasteiger partial charge in [-0.25, -0.2) is 8.78 Å². The highest BCUT2D eigenvalue weighted by molar-refractivity contribution is 5.95. The van der Waals surface area contributed by atoms with Crippen LogP contribution >= 0.6 is 0 Å². The second-order valence-electron chi connectivity index (χ2n) is 6.69. The van der Waals surface area contributed by atoms with Crippen LogP contribution in [0.25, 0.3) is 0 Å². The third-order valence-electron chi connectivity index (χ3n) is 4.48. The lowest BCUT2D eigenvalue weighted by Gasteiger charge is -2.21. The third kappa shape index (κ3) is 5.17. The number of β-amino-alcohol motifs (C(OH)–C–C–N with tert-alkyl or cyclic N) is 1. The predicted octanol–water partition coefficient (Wildman–Crippen LogP) is 1.96. The fraction of sp³-hybridized carbons (Fsp3) is 0.350. The minimum Gasteiger partial charge on any atom is -0.490 e. The average molecular weight is 392 g/mol. The number of hydrogen-bond acceptors (Lipinski definition) is 5. The number of aliphatic hydroxyl groups excluding tert-OH is 1. The van der Waals surface area contributed by atoms with Gasteiger partial charge in [0.15, 0.2) is 11.6 Å². The monoisotopic (exact) mass is 392 g/mol. The number of nitrogens with zero attached hydrogens (tertiary/aromatic N) is 1. The van der Waals surface area contributed by atoms with E-state index in [0.29, 0.717) is 31.8 Å². The van der Waals surface area contributed by atoms with Crippen molar-refractivity contribution in [1.82, 2.24) is 4.90 Å². The maximum absolute atomic E-state index is 13.3. The number of primary amides is 1. The molecule has 8 heteroatoms. The van der Waals surface area contributed by atoms with Gasteiger partial charge in [-0.1, -0.05) is 12.1 Å². The summed E-state index contributed by atoms with van der Waals surface area (Å²) in [6.07, 6.45) is -0.242. The molecule has 150 valence electrons. The lowest BCUT2D eigenvalue weighted by molar-refractivity contribution is 0.0710. The summed E-state index contributed by atoms with van der Waals surface area (Å²) in [5.41, 5.74) is 5.56. The number of halogens is 2. The first kappa shape index (κ1) is 20.0. The lowest BCUT2D eigenvalue weighted by atomic mass is 10.2. The second kappa shape index (κ2) is 8.99. The van der Waals surface area contributed by atoms with E-state index < -0.39 is 23.6 Å². The molecule has 2 atom stereocenters. The smallest absolute Gasteiger partial charge is 0.252 e. The van der Waals surface area contributed by atoms with E-state index in [2.05, 4.69) is 0 Å². The number of aliphatic hydroxyl groups is 1. The van der Waals surface area contributed by atoms with Crippen molar-refractivity contribution in [1.29, 1.82) is 0 Å². The molecule has 6 nitrogen and oxygen atoms in total. The molecule has 1 aliphatic rings. The number of rotatable bonds is 8. The highest BCUT2D eigenvalue weighted by Crippen LogP contribution is 2.21. The molecule has 3 rings (SSSR count). The molecule has 0 radical (unpaired) electrons. The van der Waals surface area contributed by atoms with Gasteiger partial charge < -0.3 is 20.3 Å². The van der Waals surface area contributed by atoms with Crippen molar-refractivity contribution in [3.8, 4) is 11.5 Å². The normalized spacial score (nSPS) is 18.0. The van der Waals surface area contributed by atoms with Gasteiger partial charge in [0.2, 0.25) is 0 Å². The molecule has 1 saturated heterocycles. The minimum atomic E-state index is -0.948. The van der Waals surface area contributed by atoms with Crippen molar-refractivity contribution >= 4 is 5.91 Å². The quantitative estimate of drug-likeness (QED) is 0.717. The van der Waals surface area contributed by atoms with Crippen molar-refractivity contribution in [2.45, 2.75) is 18.6 Å². The summed E-state index contributed by atoms with van der Waals surface area (Å²) in [5.74, 6) is -1.85. The molecule has 1 heterocycles. The molecule has 0 aliphatic carbocycles. The molecule has 0 saturated carbocycles. The summed E-state index contributed by atoms with van der Waals surface area (Å²) in [4.78, 5) is 13.4. The van der Waals surface area contributed by atoms with Gasteiger partial charge in [0.05, 0.1) is 5.56 Å². The Morgan fingerprint density at radius 2 is 2.04 bits per heavy atom. The first-order valence-electron chi connectivity index (χ1n) is 8.96. The molecule has 1 amide bonds. The van der Waals surface area contributed by atoms with Gasteiger partial charge in [-0.05, 0) is 30.7 Å². The van der Waals surface area contributed by atoms with E-state index >= 15 is 0 Å². The fourth-order valence-electron chi connectivity index (χ4n) is 3.13. The van der Waals surface area contributed by atoms with Gasteiger partial charge in [0.1, 0.15) is 30.3 Å². The Morgan fingerprint density at radius 1 is 1.25 bits per heavy atom. The van der Waals surface area contributed by atoms with Crippen LogP contribution in [0.4, 0.5) is 8.78 Å². The summed E-state index contributed by atoms with van der Waals surface area (Å²) in [5, 5.41) is 10.2. The Hall–Kier alpha value is -2.71. The SMILES string of the molecule is NC(=O)c1ccccc1OCC(O)CN1CCC(Oc2ccc(F)c(F)c2)C1. The van der Waals surface area contributed by atoms with E-state index in [0.717, 1.165) is 12.1 Å². The predicted molar refractivity (Wildman–Crippen MR) is 98.3 cm³/mol. The van der Waals surface area contributed by atoms with Crippen LogP contribution in [0.2, 0.25) is 0 Å². The summed E-state index contributed by atoms with van der Waals surface area (Å²) < 4.78 is 37.5. The Balaban J connectivity index is 1.46. The summed E-state index contributed by atoms with van der Waals surface area (Å²) >= 11 is 0. The Labute approximate surface area is 161 Å². The Bertz CT molecular complexity index is 834.